The van der Waals surface area contributed by atoms with E-state index < -0.39 is 0 Å². The van der Waals surface area contributed by atoms with Crippen LogP contribution in [0, 0.1) is 0 Å². The zero-order chi connectivity index (χ0) is 16.3. The molecule has 0 saturated heterocycles. The molecule has 3 N–H and O–H groups in total. The Kier molecular flexibility index (Phi) is 5.31. The van der Waals surface area contributed by atoms with Crippen LogP contribution < -0.4 is 11.2 Å². The average Bonchev–Trinajstić information content (AvgIpc) is 2.82. The van der Waals surface area contributed by atoms with E-state index in [-0.39, 0.29) is 17.1 Å². The summed E-state index contributed by atoms with van der Waals surface area (Å²) in [5.74, 6) is 6.67. The van der Waals surface area contributed by atoms with Crippen molar-refractivity contribution in [2.24, 2.45) is 0 Å². The van der Waals surface area contributed by atoms with Crippen molar-refractivity contribution < 1.29 is 4.79 Å². The Labute approximate surface area is 138 Å². The van der Waals surface area contributed by atoms with Gasteiger partial charge in [-0.3, -0.25) is 4.79 Å². The van der Waals surface area contributed by atoms with Crippen LogP contribution in [0.3, 0.4) is 0 Å². The monoisotopic (exact) mass is 339 g/mol. The first-order valence-electron chi connectivity index (χ1n) is 6.82. The third kappa shape index (κ3) is 3.92. The molecule has 1 aromatic heterocycles. The fraction of sp³-hybridized carbons (Fsp3) is 0.357. The number of halogens is 1. The van der Waals surface area contributed by atoms with Gasteiger partial charge in [0.15, 0.2) is 5.82 Å². The van der Waals surface area contributed by atoms with Crippen molar-refractivity contribution >= 4 is 35.0 Å². The van der Waals surface area contributed by atoms with Gasteiger partial charge in [0.05, 0.1) is 5.25 Å². The number of thioether (sulfide) groups is 1. The first kappa shape index (κ1) is 16.6. The normalized spacial score (nSPS) is 12.4. The number of rotatable bonds is 5. The quantitative estimate of drug-likeness (QED) is 0.646. The molecule has 0 aliphatic carbocycles. The molecule has 1 unspecified atom stereocenters. The summed E-state index contributed by atoms with van der Waals surface area (Å²) in [6.07, 6.45) is 0. The summed E-state index contributed by atoms with van der Waals surface area (Å²) < 4.78 is 1.43. The van der Waals surface area contributed by atoms with Gasteiger partial charge in [-0.1, -0.05) is 37.2 Å². The maximum absolute atomic E-state index is 12.2. The van der Waals surface area contributed by atoms with Gasteiger partial charge in [0, 0.05) is 16.6 Å². The number of amides is 1. The SMILES string of the molecule is CC(Sc1nnc(C(C)C)n1N)C(=O)Nc1ccc(Cl)cc1. The second kappa shape index (κ2) is 7.02. The summed E-state index contributed by atoms with van der Waals surface area (Å²) in [4.78, 5) is 12.2. The molecular weight excluding hydrogens is 322 g/mol. The lowest BCUT2D eigenvalue weighted by Crippen LogP contribution is -2.24. The van der Waals surface area contributed by atoms with Gasteiger partial charge in [-0.2, -0.15) is 0 Å². The number of carbonyl (C=O) groups is 1. The molecule has 2 aromatic rings. The summed E-state index contributed by atoms with van der Waals surface area (Å²) in [5, 5.41) is 11.7. The van der Waals surface area contributed by atoms with Crippen LogP contribution in [0.5, 0.6) is 0 Å². The molecular formula is C14H18ClN5OS. The third-order valence-corrected chi connectivity index (χ3v) is 4.28. The second-order valence-electron chi connectivity index (χ2n) is 5.12. The summed E-state index contributed by atoms with van der Waals surface area (Å²) in [6.45, 7) is 5.76. The smallest absolute Gasteiger partial charge is 0.237 e. The van der Waals surface area contributed by atoms with Crippen LogP contribution in [-0.2, 0) is 4.79 Å². The van der Waals surface area contributed by atoms with Gasteiger partial charge < -0.3 is 11.2 Å². The highest BCUT2D eigenvalue weighted by atomic mass is 35.5. The van der Waals surface area contributed by atoms with Crippen molar-refractivity contribution in [2.75, 3.05) is 11.2 Å². The summed E-state index contributed by atoms with van der Waals surface area (Å²) >= 11 is 7.08. The van der Waals surface area contributed by atoms with Crippen LogP contribution in [0.2, 0.25) is 5.02 Å². The van der Waals surface area contributed by atoms with E-state index in [0.29, 0.717) is 21.7 Å². The maximum atomic E-state index is 12.2. The van der Waals surface area contributed by atoms with Crippen LogP contribution in [0.15, 0.2) is 29.4 Å². The molecule has 1 atom stereocenters. The van der Waals surface area contributed by atoms with E-state index in [9.17, 15) is 4.79 Å². The van der Waals surface area contributed by atoms with E-state index in [4.69, 9.17) is 17.4 Å². The molecule has 0 aliphatic heterocycles. The summed E-state index contributed by atoms with van der Waals surface area (Å²) in [6, 6.07) is 6.95. The number of hydrogen-bond acceptors (Lipinski definition) is 5. The molecule has 0 spiro atoms. The molecule has 0 radical (unpaired) electrons. The molecule has 22 heavy (non-hydrogen) atoms. The predicted molar refractivity (Wildman–Crippen MR) is 89.7 cm³/mol. The van der Waals surface area contributed by atoms with Crippen molar-refractivity contribution in [1.29, 1.82) is 0 Å². The Hall–Kier alpha value is -1.73. The van der Waals surface area contributed by atoms with E-state index in [2.05, 4.69) is 15.5 Å². The van der Waals surface area contributed by atoms with Crippen molar-refractivity contribution in [2.45, 2.75) is 37.1 Å². The highest BCUT2D eigenvalue weighted by molar-refractivity contribution is 8.00. The van der Waals surface area contributed by atoms with Gasteiger partial charge in [-0.15, -0.1) is 10.2 Å². The van der Waals surface area contributed by atoms with Gasteiger partial charge in [-0.25, -0.2) is 4.68 Å². The zero-order valence-corrected chi connectivity index (χ0v) is 14.1. The molecule has 0 aliphatic rings. The highest BCUT2D eigenvalue weighted by Crippen LogP contribution is 2.24. The van der Waals surface area contributed by atoms with E-state index >= 15 is 0 Å². The lowest BCUT2D eigenvalue weighted by atomic mass is 10.2. The molecule has 1 amide bonds. The zero-order valence-electron chi connectivity index (χ0n) is 12.6. The largest absolute Gasteiger partial charge is 0.336 e. The average molecular weight is 340 g/mol. The maximum Gasteiger partial charge on any atom is 0.237 e. The van der Waals surface area contributed by atoms with E-state index in [0.717, 1.165) is 0 Å². The van der Waals surface area contributed by atoms with Gasteiger partial charge >= 0.3 is 0 Å². The van der Waals surface area contributed by atoms with E-state index in [1.54, 1.807) is 31.2 Å². The Balaban J connectivity index is 2.01. The van der Waals surface area contributed by atoms with Crippen LogP contribution in [-0.4, -0.2) is 26.0 Å². The molecule has 0 fully saturated rings. The number of carbonyl (C=O) groups excluding carboxylic acids is 1. The number of nitrogen functional groups attached to an aromatic ring is 1. The van der Waals surface area contributed by atoms with E-state index in [1.807, 2.05) is 13.8 Å². The first-order chi connectivity index (χ1) is 10.4. The van der Waals surface area contributed by atoms with Crippen LogP contribution in [0.1, 0.15) is 32.5 Å². The first-order valence-corrected chi connectivity index (χ1v) is 8.07. The van der Waals surface area contributed by atoms with Crippen LogP contribution in [0.4, 0.5) is 5.69 Å². The minimum atomic E-state index is -0.359. The van der Waals surface area contributed by atoms with E-state index in [1.165, 1.54) is 16.4 Å². The van der Waals surface area contributed by atoms with Crippen LogP contribution in [0.25, 0.3) is 0 Å². The minimum Gasteiger partial charge on any atom is -0.336 e. The number of hydrogen-bond donors (Lipinski definition) is 2. The standard InChI is InChI=1S/C14H18ClN5OS/c1-8(2)12-18-19-14(20(12)16)22-9(3)13(21)17-11-6-4-10(15)5-7-11/h4-9H,16H2,1-3H3,(H,17,21). The van der Waals surface area contributed by atoms with Crippen molar-refractivity contribution in [3.05, 3.63) is 35.1 Å². The Morgan fingerprint density at radius 3 is 2.45 bits per heavy atom. The number of anilines is 1. The number of aromatic nitrogens is 3. The minimum absolute atomic E-state index is 0.138. The fourth-order valence-corrected chi connectivity index (χ4v) is 2.65. The Morgan fingerprint density at radius 1 is 1.27 bits per heavy atom. The molecule has 1 heterocycles. The van der Waals surface area contributed by atoms with Gasteiger partial charge in [0.25, 0.3) is 0 Å². The molecule has 0 bridgehead atoms. The summed E-state index contributed by atoms with van der Waals surface area (Å²) in [5.41, 5.74) is 0.693. The Bertz CT molecular complexity index is 656. The van der Waals surface area contributed by atoms with Crippen LogP contribution >= 0.6 is 23.4 Å². The summed E-state index contributed by atoms with van der Waals surface area (Å²) in [7, 11) is 0. The highest BCUT2D eigenvalue weighted by Gasteiger charge is 2.20. The predicted octanol–water partition coefficient (Wildman–Crippen LogP) is 2.89. The Morgan fingerprint density at radius 2 is 1.91 bits per heavy atom. The van der Waals surface area contributed by atoms with Crippen molar-refractivity contribution in [1.82, 2.24) is 14.9 Å². The lowest BCUT2D eigenvalue weighted by molar-refractivity contribution is -0.115. The lowest BCUT2D eigenvalue weighted by Gasteiger charge is -2.12. The number of nitrogens with one attached hydrogen (secondary N) is 1. The second-order valence-corrected chi connectivity index (χ2v) is 6.87. The molecule has 2 rings (SSSR count). The third-order valence-electron chi connectivity index (χ3n) is 2.97. The molecule has 0 saturated carbocycles. The topological polar surface area (TPSA) is 85.8 Å². The van der Waals surface area contributed by atoms with Crippen molar-refractivity contribution in [3.8, 4) is 0 Å². The molecule has 1 aromatic carbocycles. The number of nitrogens with zero attached hydrogens (tertiary/aromatic N) is 3. The number of benzene rings is 1. The molecule has 118 valence electrons. The van der Waals surface area contributed by atoms with Gasteiger partial charge in [-0.05, 0) is 31.2 Å². The van der Waals surface area contributed by atoms with Gasteiger partial charge in [0.2, 0.25) is 11.1 Å². The van der Waals surface area contributed by atoms with Gasteiger partial charge in [0.1, 0.15) is 0 Å². The molecule has 6 nitrogen and oxygen atoms in total. The fourth-order valence-electron chi connectivity index (χ4n) is 1.75. The number of nitrogens with two attached hydrogens (primary N) is 1. The van der Waals surface area contributed by atoms with Crippen molar-refractivity contribution in [3.63, 3.8) is 0 Å². The molecule has 8 heteroatoms.